The summed E-state index contributed by atoms with van der Waals surface area (Å²) in [5, 5.41) is 4.26. The molecule has 0 heterocycles. The lowest BCUT2D eigenvalue weighted by molar-refractivity contribution is 0.269. The molecule has 0 spiro atoms. The second kappa shape index (κ2) is 13.9. The summed E-state index contributed by atoms with van der Waals surface area (Å²) >= 11 is 9.75. The Labute approximate surface area is 189 Å². The van der Waals surface area contributed by atoms with Gasteiger partial charge < -0.3 is 14.8 Å². The van der Waals surface area contributed by atoms with Crippen LogP contribution in [0.4, 0.5) is 0 Å². The zero-order valence-corrected chi connectivity index (χ0v) is 19.9. The van der Waals surface area contributed by atoms with Gasteiger partial charge in [0.1, 0.15) is 6.61 Å². The second-order valence-electron chi connectivity index (χ2n) is 7.19. The van der Waals surface area contributed by atoms with Crippen LogP contribution in [0, 0.1) is 0 Å². The van der Waals surface area contributed by atoms with E-state index in [0.717, 1.165) is 34.6 Å². The van der Waals surface area contributed by atoms with Crippen molar-refractivity contribution in [3.63, 3.8) is 0 Å². The van der Waals surface area contributed by atoms with Crippen molar-refractivity contribution in [2.24, 2.45) is 0 Å². The summed E-state index contributed by atoms with van der Waals surface area (Å²) in [6.45, 7) is 7.13. The van der Waals surface area contributed by atoms with Crippen molar-refractivity contribution >= 4 is 27.5 Å². The van der Waals surface area contributed by atoms with Gasteiger partial charge in [0, 0.05) is 16.0 Å². The van der Waals surface area contributed by atoms with Crippen LogP contribution in [0.25, 0.3) is 0 Å². The van der Waals surface area contributed by atoms with Crippen LogP contribution < -0.4 is 14.8 Å². The molecule has 0 saturated carbocycles. The number of benzene rings is 2. The molecule has 0 bridgehead atoms. The number of nitrogens with one attached hydrogen (secondary N) is 1. The zero-order chi connectivity index (χ0) is 20.9. The normalized spacial score (nSPS) is 10.9. The largest absolute Gasteiger partial charge is 0.490 e. The van der Waals surface area contributed by atoms with E-state index >= 15 is 0 Å². The van der Waals surface area contributed by atoms with E-state index in [2.05, 4.69) is 34.2 Å². The van der Waals surface area contributed by atoms with Crippen LogP contribution in [-0.4, -0.2) is 13.2 Å². The van der Waals surface area contributed by atoms with E-state index in [1.807, 2.05) is 37.3 Å². The molecule has 0 atom stereocenters. The molecule has 2 aromatic rings. The topological polar surface area (TPSA) is 30.5 Å². The van der Waals surface area contributed by atoms with Crippen molar-refractivity contribution in [3.8, 4) is 11.5 Å². The molecule has 0 aliphatic rings. The zero-order valence-electron chi connectivity index (χ0n) is 17.6. The Kier molecular flexibility index (Phi) is 11.5. The molecule has 2 aromatic carbocycles. The van der Waals surface area contributed by atoms with Crippen LogP contribution in [0.15, 0.2) is 40.9 Å². The SMILES string of the molecule is CCCCCCCCNCc1cc(OCC)c(OCc2cccc(Cl)c2)cc1Br. The third-order valence-electron chi connectivity index (χ3n) is 4.72. The monoisotopic (exact) mass is 481 g/mol. The number of unbranched alkanes of at least 4 members (excludes halogenated alkanes) is 5. The highest BCUT2D eigenvalue weighted by atomic mass is 79.9. The maximum absolute atomic E-state index is 6.06. The quantitative estimate of drug-likeness (QED) is 0.282. The summed E-state index contributed by atoms with van der Waals surface area (Å²) in [4.78, 5) is 0. The lowest BCUT2D eigenvalue weighted by Crippen LogP contribution is -2.15. The van der Waals surface area contributed by atoms with Gasteiger partial charge in [0.2, 0.25) is 0 Å². The smallest absolute Gasteiger partial charge is 0.162 e. The third-order valence-corrected chi connectivity index (χ3v) is 5.69. The van der Waals surface area contributed by atoms with Crippen LogP contribution in [0.3, 0.4) is 0 Å². The Morgan fingerprint density at radius 2 is 1.69 bits per heavy atom. The van der Waals surface area contributed by atoms with Crippen molar-refractivity contribution < 1.29 is 9.47 Å². The van der Waals surface area contributed by atoms with Crippen LogP contribution in [-0.2, 0) is 13.2 Å². The highest BCUT2D eigenvalue weighted by Crippen LogP contribution is 2.34. The summed E-state index contributed by atoms with van der Waals surface area (Å²) in [6, 6.07) is 11.8. The first kappa shape index (κ1) is 24.0. The molecule has 0 saturated heterocycles. The average Bonchev–Trinajstić information content (AvgIpc) is 2.71. The Morgan fingerprint density at radius 1 is 0.931 bits per heavy atom. The first-order valence-corrected chi connectivity index (χ1v) is 11.8. The molecule has 2 rings (SSSR count). The molecule has 0 aliphatic heterocycles. The first-order valence-electron chi connectivity index (χ1n) is 10.7. The van der Waals surface area contributed by atoms with Gasteiger partial charge >= 0.3 is 0 Å². The fraction of sp³-hybridized carbons (Fsp3) is 0.500. The van der Waals surface area contributed by atoms with E-state index in [-0.39, 0.29) is 0 Å². The molecular weight excluding hydrogens is 450 g/mol. The van der Waals surface area contributed by atoms with Gasteiger partial charge in [0.05, 0.1) is 6.61 Å². The molecule has 160 valence electrons. The Bertz CT molecular complexity index is 739. The molecule has 0 radical (unpaired) electrons. The molecule has 29 heavy (non-hydrogen) atoms. The standard InChI is InChI=1S/C24H33BrClNO2/c1-3-5-6-7-8-9-13-27-17-20-15-23(28-4-2)24(16-22(20)25)29-18-19-11-10-12-21(26)14-19/h10-12,14-16,27H,3-9,13,17-18H2,1-2H3. The second-order valence-corrected chi connectivity index (χ2v) is 8.48. The third kappa shape index (κ3) is 8.98. The van der Waals surface area contributed by atoms with Crippen LogP contribution in [0.1, 0.15) is 63.5 Å². The molecule has 0 aromatic heterocycles. The Balaban J connectivity index is 1.89. The van der Waals surface area contributed by atoms with Gasteiger partial charge in [-0.3, -0.25) is 0 Å². The Hall–Kier alpha value is -1.23. The van der Waals surface area contributed by atoms with Gasteiger partial charge in [-0.15, -0.1) is 0 Å². The molecule has 5 heteroatoms. The minimum Gasteiger partial charge on any atom is -0.490 e. The molecule has 0 fully saturated rings. The minimum absolute atomic E-state index is 0.447. The summed E-state index contributed by atoms with van der Waals surface area (Å²) in [6.07, 6.45) is 7.87. The highest BCUT2D eigenvalue weighted by Gasteiger charge is 2.11. The molecule has 1 N–H and O–H groups in total. The fourth-order valence-corrected chi connectivity index (χ4v) is 3.81. The molecule has 0 amide bonds. The first-order chi connectivity index (χ1) is 14.1. The predicted molar refractivity (Wildman–Crippen MR) is 126 cm³/mol. The van der Waals surface area contributed by atoms with Crippen molar-refractivity contribution in [3.05, 3.63) is 57.0 Å². The van der Waals surface area contributed by atoms with Gasteiger partial charge in [-0.1, -0.05) is 78.7 Å². The van der Waals surface area contributed by atoms with Crippen molar-refractivity contribution in [2.45, 2.75) is 65.5 Å². The van der Waals surface area contributed by atoms with E-state index in [0.29, 0.717) is 18.2 Å². The maximum Gasteiger partial charge on any atom is 0.162 e. The number of hydrogen-bond donors (Lipinski definition) is 1. The molecule has 3 nitrogen and oxygen atoms in total. The summed E-state index contributed by atoms with van der Waals surface area (Å²) < 4.78 is 12.9. The van der Waals surface area contributed by atoms with Crippen molar-refractivity contribution in [2.75, 3.05) is 13.2 Å². The summed E-state index contributed by atoms with van der Waals surface area (Å²) in [5.74, 6) is 1.51. The van der Waals surface area contributed by atoms with Crippen LogP contribution in [0.2, 0.25) is 5.02 Å². The van der Waals surface area contributed by atoms with Gasteiger partial charge in [-0.05, 0) is 55.3 Å². The fourth-order valence-electron chi connectivity index (χ4n) is 3.14. The van der Waals surface area contributed by atoms with Crippen molar-refractivity contribution in [1.29, 1.82) is 0 Å². The van der Waals surface area contributed by atoms with Gasteiger partial charge in [-0.2, -0.15) is 0 Å². The van der Waals surface area contributed by atoms with E-state index < -0.39 is 0 Å². The van der Waals surface area contributed by atoms with E-state index in [1.54, 1.807) is 0 Å². The summed E-state index contributed by atoms with van der Waals surface area (Å²) in [5.41, 5.74) is 2.20. The lowest BCUT2D eigenvalue weighted by atomic mass is 10.1. The van der Waals surface area contributed by atoms with Gasteiger partial charge in [0.15, 0.2) is 11.5 Å². The highest BCUT2D eigenvalue weighted by molar-refractivity contribution is 9.10. The van der Waals surface area contributed by atoms with Crippen molar-refractivity contribution in [1.82, 2.24) is 5.32 Å². The van der Waals surface area contributed by atoms with E-state index in [9.17, 15) is 0 Å². The summed E-state index contributed by atoms with van der Waals surface area (Å²) in [7, 11) is 0. The minimum atomic E-state index is 0.447. The maximum atomic E-state index is 6.06. The Morgan fingerprint density at radius 3 is 2.45 bits per heavy atom. The van der Waals surface area contributed by atoms with Crippen LogP contribution in [0.5, 0.6) is 11.5 Å². The molecular formula is C24H33BrClNO2. The van der Waals surface area contributed by atoms with E-state index in [4.69, 9.17) is 21.1 Å². The number of ether oxygens (including phenoxy) is 2. The van der Waals surface area contributed by atoms with E-state index in [1.165, 1.54) is 44.1 Å². The average molecular weight is 483 g/mol. The molecule has 0 aliphatic carbocycles. The lowest BCUT2D eigenvalue weighted by Gasteiger charge is -2.15. The van der Waals surface area contributed by atoms with Gasteiger partial charge in [0.25, 0.3) is 0 Å². The van der Waals surface area contributed by atoms with Gasteiger partial charge in [-0.25, -0.2) is 0 Å². The number of hydrogen-bond acceptors (Lipinski definition) is 3. The van der Waals surface area contributed by atoms with Crippen LogP contribution >= 0.6 is 27.5 Å². The predicted octanol–water partition coefficient (Wildman–Crippen LogP) is 7.53. The molecule has 0 unspecified atom stereocenters. The number of halogens is 2. The number of rotatable bonds is 14.